The number of methoxy groups -OCH3 is 2. The highest BCUT2D eigenvalue weighted by Crippen LogP contribution is 2.34. The number of nitrogens with two attached hydrogens (primary N) is 1. The SMILES string of the molecule is COC(OC)C(C)N(C)C(=O)Nc1cc(C(F)(F)F)c(I)cn1.Nc1cc(C(F)(F)F)c(I)cn1. The number of halogens is 8. The molecule has 0 saturated carbocycles. The van der Waals surface area contributed by atoms with Crippen molar-refractivity contribution in [3.63, 3.8) is 0 Å². The summed E-state index contributed by atoms with van der Waals surface area (Å²) in [4.78, 5) is 20.7. The summed E-state index contributed by atoms with van der Waals surface area (Å²) in [5.41, 5.74) is 3.51. The van der Waals surface area contributed by atoms with Crippen molar-refractivity contribution in [1.82, 2.24) is 14.9 Å². The summed E-state index contributed by atoms with van der Waals surface area (Å²) < 4.78 is 85.1. The Kier molecular flexibility index (Phi) is 11.7. The van der Waals surface area contributed by atoms with Crippen LogP contribution in [0.2, 0.25) is 0 Å². The summed E-state index contributed by atoms with van der Waals surface area (Å²) in [6.45, 7) is 1.68. The Morgan fingerprint density at radius 2 is 1.46 bits per heavy atom. The number of likely N-dealkylation sites (N-methyl/N-ethyl adjacent to an activating group) is 1. The maximum atomic E-state index is 12.9. The van der Waals surface area contributed by atoms with E-state index in [0.717, 1.165) is 24.5 Å². The van der Waals surface area contributed by atoms with Crippen LogP contribution in [0.5, 0.6) is 0 Å². The predicted molar refractivity (Wildman–Crippen MR) is 132 cm³/mol. The maximum Gasteiger partial charge on any atom is 0.417 e. The minimum Gasteiger partial charge on any atom is -0.384 e. The second kappa shape index (κ2) is 13.0. The molecule has 0 spiro atoms. The molecular formula is C19H21F6I2N5O3. The molecule has 0 aliphatic heterocycles. The van der Waals surface area contributed by atoms with Gasteiger partial charge in [-0.25, -0.2) is 14.8 Å². The van der Waals surface area contributed by atoms with E-state index < -0.39 is 41.8 Å². The average molecular weight is 735 g/mol. The fourth-order valence-electron chi connectivity index (χ4n) is 2.45. The van der Waals surface area contributed by atoms with Crippen LogP contribution in [0.25, 0.3) is 0 Å². The number of rotatable bonds is 5. The van der Waals surface area contributed by atoms with E-state index in [1.807, 2.05) is 0 Å². The smallest absolute Gasteiger partial charge is 0.384 e. The lowest BCUT2D eigenvalue weighted by molar-refractivity contribution is -0.139. The molecule has 0 saturated heterocycles. The lowest BCUT2D eigenvalue weighted by atomic mass is 10.2. The standard InChI is InChI=1S/C13H17F3IN3O3.C6H4F3IN2/c1-7(11(22-3)23-4)20(2)12(21)19-10-5-8(13(14,15)16)9(17)6-18-10;7-6(8,9)3-1-5(11)12-2-4(3)10/h5-7,11H,1-4H3,(H,18,19,21);1-2H,(H2,11,12). The Bertz CT molecular complexity index is 1010. The highest BCUT2D eigenvalue weighted by atomic mass is 127. The summed E-state index contributed by atoms with van der Waals surface area (Å²) in [5, 5.41) is 2.33. The monoisotopic (exact) mass is 735 g/mol. The maximum absolute atomic E-state index is 12.9. The number of carbonyl (C=O) groups excluding carboxylic acids is 1. The van der Waals surface area contributed by atoms with Crippen LogP contribution in [0.4, 0.5) is 42.8 Å². The highest BCUT2D eigenvalue weighted by molar-refractivity contribution is 14.1. The molecule has 0 bridgehead atoms. The molecule has 0 aliphatic carbocycles. The number of ether oxygens (including phenoxy) is 2. The van der Waals surface area contributed by atoms with Crippen molar-refractivity contribution in [1.29, 1.82) is 0 Å². The van der Waals surface area contributed by atoms with Crippen molar-refractivity contribution in [2.75, 3.05) is 32.3 Å². The lowest BCUT2D eigenvalue weighted by Crippen LogP contribution is -2.46. The van der Waals surface area contributed by atoms with Gasteiger partial charge in [0.25, 0.3) is 0 Å². The second-order valence-electron chi connectivity index (χ2n) is 6.76. The quantitative estimate of drug-likeness (QED) is 0.240. The second-order valence-corrected chi connectivity index (χ2v) is 9.08. The third-order valence-corrected chi connectivity index (χ3v) is 6.09. The third-order valence-electron chi connectivity index (χ3n) is 4.37. The van der Waals surface area contributed by atoms with Gasteiger partial charge >= 0.3 is 18.4 Å². The van der Waals surface area contributed by atoms with Gasteiger partial charge in [0.1, 0.15) is 11.6 Å². The van der Waals surface area contributed by atoms with Crippen LogP contribution in [0.3, 0.4) is 0 Å². The van der Waals surface area contributed by atoms with E-state index in [2.05, 4.69) is 15.3 Å². The summed E-state index contributed by atoms with van der Waals surface area (Å²) in [5.74, 6) is -0.309. The van der Waals surface area contributed by atoms with Crippen LogP contribution in [-0.2, 0) is 21.8 Å². The zero-order valence-electron chi connectivity index (χ0n) is 18.6. The number of nitrogen functional groups attached to an aromatic ring is 1. The number of hydrogen-bond acceptors (Lipinski definition) is 6. The van der Waals surface area contributed by atoms with Crippen LogP contribution >= 0.6 is 45.2 Å². The van der Waals surface area contributed by atoms with Crippen LogP contribution in [0, 0.1) is 7.14 Å². The van der Waals surface area contributed by atoms with E-state index in [0.29, 0.717) is 0 Å². The number of urea groups is 1. The van der Waals surface area contributed by atoms with Gasteiger partial charge in [-0.3, -0.25) is 5.32 Å². The van der Waals surface area contributed by atoms with Crippen LogP contribution < -0.4 is 11.1 Å². The van der Waals surface area contributed by atoms with E-state index in [9.17, 15) is 31.1 Å². The molecule has 2 aromatic heterocycles. The Morgan fingerprint density at radius 1 is 1.00 bits per heavy atom. The van der Waals surface area contributed by atoms with Crippen molar-refractivity contribution in [2.24, 2.45) is 0 Å². The third kappa shape index (κ3) is 9.37. The number of anilines is 2. The number of aromatic nitrogens is 2. The number of alkyl halides is 6. The summed E-state index contributed by atoms with van der Waals surface area (Å²) in [6, 6.07) is 0.527. The molecule has 35 heavy (non-hydrogen) atoms. The molecule has 0 fully saturated rings. The molecule has 0 aliphatic rings. The molecular weight excluding hydrogens is 714 g/mol. The molecule has 0 aromatic carbocycles. The largest absolute Gasteiger partial charge is 0.417 e. The van der Waals surface area contributed by atoms with E-state index in [4.69, 9.17) is 15.2 Å². The van der Waals surface area contributed by atoms with E-state index >= 15 is 0 Å². The molecule has 0 radical (unpaired) electrons. The van der Waals surface area contributed by atoms with Crippen LogP contribution in [0.1, 0.15) is 18.1 Å². The van der Waals surface area contributed by atoms with E-state index in [1.165, 1.54) is 48.8 Å². The minimum absolute atomic E-state index is 0.0475. The molecule has 2 heterocycles. The normalized spacial score (nSPS) is 12.6. The van der Waals surface area contributed by atoms with Crippen molar-refractivity contribution in [2.45, 2.75) is 31.6 Å². The minimum atomic E-state index is -4.52. The first-order valence-electron chi connectivity index (χ1n) is 9.33. The molecule has 2 rings (SSSR count). The number of amides is 2. The van der Waals surface area contributed by atoms with Crippen LogP contribution in [-0.4, -0.2) is 54.5 Å². The van der Waals surface area contributed by atoms with Crippen molar-refractivity contribution in [3.8, 4) is 0 Å². The average Bonchev–Trinajstić information content (AvgIpc) is 2.75. The molecule has 1 unspecified atom stereocenters. The number of nitrogens with zero attached hydrogens (tertiary/aromatic N) is 3. The van der Waals surface area contributed by atoms with Gasteiger partial charge in [0, 0.05) is 40.8 Å². The number of pyridine rings is 2. The van der Waals surface area contributed by atoms with Gasteiger partial charge in [-0.15, -0.1) is 0 Å². The summed E-state index contributed by atoms with van der Waals surface area (Å²) >= 11 is 3.10. The van der Waals surface area contributed by atoms with Gasteiger partial charge in [0.2, 0.25) is 0 Å². The number of hydrogen-bond donors (Lipinski definition) is 2. The first-order valence-corrected chi connectivity index (χ1v) is 11.5. The molecule has 3 N–H and O–H groups in total. The first-order chi connectivity index (χ1) is 16.0. The number of carbonyl (C=O) groups is 1. The van der Waals surface area contributed by atoms with Crippen LogP contribution in [0.15, 0.2) is 24.5 Å². The lowest BCUT2D eigenvalue weighted by Gasteiger charge is -2.30. The van der Waals surface area contributed by atoms with Crippen molar-refractivity contribution in [3.05, 3.63) is 42.8 Å². The molecule has 16 heteroatoms. The molecule has 1 atom stereocenters. The van der Waals surface area contributed by atoms with E-state index in [-0.39, 0.29) is 18.8 Å². The Balaban J connectivity index is 0.000000427. The van der Waals surface area contributed by atoms with Gasteiger partial charge in [0.05, 0.1) is 17.2 Å². The topological polar surface area (TPSA) is 103 Å². The van der Waals surface area contributed by atoms with Crippen molar-refractivity contribution < 1.29 is 40.6 Å². The molecule has 196 valence electrons. The van der Waals surface area contributed by atoms with Gasteiger partial charge in [-0.1, -0.05) is 0 Å². The highest BCUT2D eigenvalue weighted by Gasteiger charge is 2.34. The Labute approximate surface area is 224 Å². The summed E-state index contributed by atoms with van der Waals surface area (Å²) in [7, 11) is 4.32. The van der Waals surface area contributed by atoms with Gasteiger partial charge < -0.3 is 20.1 Å². The molecule has 2 aromatic rings. The fraction of sp³-hybridized carbons (Fsp3) is 0.421. The zero-order chi connectivity index (χ0) is 27.1. The number of nitrogens with one attached hydrogen (secondary N) is 1. The fourth-order valence-corrected chi connectivity index (χ4v) is 3.65. The Hall–Kier alpha value is -1.67. The first kappa shape index (κ1) is 31.4. The van der Waals surface area contributed by atoms with E-state index in [1.54, 1.807) is 29.5 Å². The van der Waals surface area contributed by atoms with Crippen molar-refractivity contribution >= 4 is 62.8 Å². The predicted octanol–water partition coefficient (Wildman–Crippen LogP) is 5.46. The Morgan fingerprint density at radius 3 is 1.89 bits per heavy atom. The van der Waals surface area contributed by atoms with Gasteiger partial charge in [-0.2, -0.15) is 26.3 Å². The molecule has 8 nitrogen and oxygen atoms in total. The zero-order valence-corrected chi connectivity index (χ0v) is 22.9. The molecule has 2 amide bonds. The van der Waals surface area contributed by atoms with Gasteiger partial charge in [-0.05, 0) is 64.2 Å². The van der Waals surface area contributed by atoms with Gasteiger partial charge in [0.15, 0.2) is 6.29 Å². The summed E-state index contributed by atoms with van der Waals surface area (Å²) in [6.07, 6.45) is -7.39.